The van der Waals surface area contributed by atoms with Crippen molar-refractivity contribution in [2.24, 2.45) is 11.1 Å². The van der Waals surface area contributed by atoms with Crippen molar-refractivity contribution in [1.29, 1.82) is 0 Å². The van der Waals surface area contributed by atoms with Crippen LogP contribution in [0.4, 0.5) is 29.3 Å². The highest BCUT2D eigenvalue weighted by molar-refractivity contribution is 6.03. The summed E-state index contributed by atoms with van der Waals surface area (Å²) in [5.41, 5.74) is 9.66. The van der Waals surface area contributed by atoms with Crippen molar-refractivity contribution in [3.63, 3.8) is 0 Å². The normalized spacial score (nSPS) is 24.8. The van der Waals surface area contributed by atoms with Gasteiger partial charge in [-0.15, -0.1) is 0 Å². The predicted molar refractivity (Wildman–Crippen MR) is 136 cm³/mol. The van der Waals surface area contributed by atoms with Crippen molar-refractivity contribution in [3.05, 3.63) is 46.9 Å². The van der Waals surface area contributed by atoms with Crippen LogP contribution in [0.15, 0.2) is 28.8 Å². The first kappa shape index (κ1) is 26.3. The molecule has 9 nitrogen and oxygen atoms in total. The first-order valence-electron chi connectivity index (χ1n) is 13.1. The maximum absolute atomic E-state index is 15.2. The summed E-state index contributed by atoms with van der Waals surface area (Å²) >= 11 is 0. The molecule has 0 saturated heterocycles. The van der Waals surface area contributed by atoms with Crippen LogP contribution in [0.25, 0.3) is 11.3 Å². The molecule has 0 atom stereocenters. The molecule has 2 bridgehead atoms. The number of hydrogen-bond acceptors (Lipinski definition) is 6. The van der Waals surface area contributed by atoms with E-state index in [2.05, 4.69) is 15.6 Å². The lowest BCUT2D eigenvalue weighted by molar-refractivity contribution is -0.220. The molecule has 1 aromatic carbocycles. The van der Waals surface area contributed by atoms with Gasteiger partial charge in [-0.2, -0.15) is 18.3 Å². The molecule has 3 saturated carbocycles. The largest absolute Gasteiger partial charge is 0.394 e. The third kappa shape index (κ3) is 4.05. The van der Waals surface area contributed by atoms with Gasteiger partial charge in [0.15, 0.2) is 0 Å². The molecule has 13 heteroatoms. The quantitative estimate of drug-likeness (QED) is 0.354. The Hall–Kier alpha value is -3.90. The summed E-state index contributed by atoms with van der Waals surface area (Å²) in [6.45, 7) is 1.93. The molecule has 0 unspecified atom stereocenters. The minimum Gasteiger partial charge on any atom is -0.383 e. The van der Waals surface area contributed by atoms with Gasteiger partial charge in [-0.05, 0) is 69.6 Å². The Balaban J connectivity index is 1.16. The molecule has 2 amide bonds. The number of primary amides is 1. The van der Waals surface area contributed by atoms with E-state index in [0.717, 1.165) is 18.9 Å². The molecular formula is C27H28F4N6O3. The zero-order valence-corrected chi connectivity index (χ0v) is 21.7. The van der Waals surface area contributed by atoms with Gasteiger partial charge in [-0.3, -0.25) is 14.9 Å². The number of carbonyl (C=O) groups is 2. The fraction of sp³-hybridized carbons (Fsp3) is 0.481. The molecule has 2 aromatic heterocycles. The molecule has 212 valence electrons. The van der Waals surface area contributed by atoms with Gasteiger partial charge in [0.05, 0.1) is 23.1 Å². The van der Waals surface area contributed by atoms with E-state index < -0.39 is 34.6 Å². The van der Waals surface area contributed by atoms with Gasteiger partial charge < -0.3 is 16.0 Å². The van der Waals surface area contributed by atoms with Gasteiger partial charge in [0.25, 0.3) is 5.91 Å². The highest BCUT2D eigenvalue weighted by Crippen LogP contribution is 2.67. The zero-order valence-electron chi connectivity index (χ0n) is 21.7. The lowest BCUT2D eigenvalue weighted by atomic mass is 9.80. The predicted octanol–water partition coefficient (Wildman–Crippen LogP) is 4.81. The van der Waals surface area contributed by atoms with Crippen LogP contribution in [0, 0.1) is 11.2 Å². The SMILES string of the molecule is CC1(n2nc(-c3ccc(CC(=O)Nc4cc(C56CCC(C(F)(F)F)(CC5)C6)no4)cc3F)c(C(N)=O)c2N)CC1. The Morgan fingerprint density at radius 1 is 1.12 bits per heavy atom. The van der Waals surface area contributed by atoms with Gasteiger partial charge in [0.2, 0.25) is 11.8 Å². The molecule has 6 rings (SSSR count). The summed E-state index contributed by atoms with van der Waals surface area (Å²) in [6, 6.07) is 5.57. The van der Waals surface area contributed by atoms with Crippen LogP contribution in [0.1, 0.15) is 73.5 Å². The minimum atomic E-state index is -4.26. The number of fused-ring (bicyclic) bond motifs is 2. The molecule has 0 radical (unpaired) electrons. The number of nitrogen functional groups attached to an aromatic ring is 1. The van der Waals surface area contributed by atoms with Crippen molar-refractivity contribution in [1.82, 2.24) is 14.9 Å². The lowest BCUT2D eigenvalue weighted by Crippen LogP contribution is -2.33. The molecule has 0 aliphatic heterocycles. The number of nitrogens with zero attached hydrogens (tertiary/aromatic N) is 3. The zero-order chi connectivity index (χ0) is 28.7. The Kier molecular flexibility index (Phi) is 5.63. The molecule has 3 aromatic rings. The van der Waals surface area contributed by atoms with Crippen molar-refractivity contribution >= 4 is 23.5 Å². The molecule has 3 fully saturated rings. The Morgan fingerprint density at radius 3 is 2.40 bits per heavy atom. The number of alkyl halides is 3. The Labute approximate surface area is 226 Å². The van der Waals surface area contributed by atoms with E-state index in [9.17, 15) is 22.8 Å². The van der Waals surface area contributed by atoms with E-state index in [1.54, 1.807) is 0 Å². The number of benzene rings is 1. The number of hydrogen-bond donors (Lipinski definition) is 3. The summed E-state index contributed by atoms with van der Waals surface area (Å²) in [5.74, 6) is -1.96. The standard InChI is InChI=1S/C27H28F4N6O3/c1-24(4-5-24)37-22(32)20(23(33)39)21(35-37)15-3-2-14(10-16(15)28)11-18(38)34-19-12-17(36-40-19)25-6-8-26(13-25,9-7-25)27(29,30)31/h2-3,10,12H,4-9,11,13,32H2,1H3,(H2,33,39)(H,34,38). The maximum atomic E-state index is 15.2. The van der Waals surface area contributed by atoms with Gasteiger partial charge in [0.1, 0.15) is 22.9 Å². The highest BCUT2D eigenvalue weighted by Gasteiger charge is 2.67. The monoisotopic (exact) mass is 560 g/mol. The average Bonchev–Trinajstić information content (AvgIpc) is 3.29. The first-order chi connectivity index (χ1) is 18.8. The second-order valence-corrected chi connectivity index (χ2v) is 11.7. The Bertz CT molecular complexity index is 1530. The van der Waals surface area contributed by atoms with Crippen LogP contribution in [0.3, 0.4) is 0 Å². The van der Waals surface area contributed by atoms with E-state index in [-0.39, 0.29) is 59.7 Å². The second-order valence-electron chi connectivity index (χ2n) is 11.7. The molecule has 3 aliphatic rings. The van der Waals surface area contributed by atoms with E-state index in [1.807, 2.05) is 6.92 Å². The summed E-state index contributed by atoms with van der Waals surface area (Å²) in [7, 11) is 0. The molecule has 5 N–H and O–H groups in total. The molecular weight excluding hydrogens is 532 g/mol. The van der Waals surface area contributed by atoms with Gasteiger partial charge in [-0.1, -0.05) is 11.2 Å². The van der Waals surface area contributed by atoms with Crippen molar-refractivity contribution in [3.8, 4) is 11.3 Å². The number of amides is 2. The third-order valence-corrected chi connectivity index (χ3v) is 9.06. The highest BCUT2D eigenvalue weighted by atomic mass is 19.4. The van der Waals surface area contributed by atoms with Crippen LogP contribution in [-0.2, 0) is 22.2 Å². The molecule has 2 heterocycles. The fourth-order valence-corrected chi connectivity index (χ4v) is 6.42. The van der Waals surface area contributed by atoms with Crippen LogP contribution in [0.5, 0.6) is 0 Å². The number of rotatable bonds is 7. The topological polar surface area (TPSA) is 142 Å². The van der Waals surface area contributed by atoms with Gasteiger partial charge in [0, 0.05) is 17.0 Å². The number of nitrogens with two attached hydrogens (primary N) is 2. The van der Waals surface area contributed by atoms with Crippen molar-refractivity contribution in [2.75, 3.05) is 11.1 Å². The number of aromatic nitrogens is 3. The summed E-state index contributed by atoms with van der Waals surface area (Å²) in [4.78, 5) is 24.8. The Morgan fingerprint density at radius 2 is 1.82 bits per heavy atom. The minimum absolute atomic E-state index is 0.0172. The maximum Gasteiger partial charge on any atom is 0.394 e. The molecule has 3 aliphatic carbocycles. The first-order valence-corrected chi connectivity index (χ1v) is 13.1. The second kappa shape index (κ2) is 8.55. The van der Waals surface area contributed by atoms with Gasteiger partial charge in [-0.25, -0.2) is 9.07 Å². The average molecular weight is 561 g/mol. The number of nitrogens with one attached hydrogen (secondary N) is 1. The van der Waals surface area contributed by atoms with Crippen LogP contribution < -0.4 is 16.8 Å². The van der Waals surface area contributed by atoms with E-state index in [1.165, 1.54) is 22.9 Å². The summed E-state index contributed by atoms with van der Waals surface area (Å²) < 4.78 is 62.8. The number of anilines is 2. The van der Waals surface area contributed by atoms with Crippen LogP contribution in [0.2, 0.25) is 0 Å². The van der Waals surface area contributed by atoms with E-state index in [0.29, 0.717) is 24.1 Å². The molecule has 40 heavy (non-hydrogen) atoms. The van der Waals surface area contributed by atoms with E-state index >= 15 is 4.39 Å². The van der Waals surface area contributed by atoms with Crippen molar-refractivity contribution < 1.29 is 31.7 Å². The number of carbonyl (C=O) groups excluding carboxylic acids is 2. The summed E-state index contributed by atoms with van der Waals surface area (Å²) in [5, 5.41) is 10.9. The summed E-state index contributed by atoms with van der Waals surface area (Å²) in [6.07, 6.45) is -2.05. The van der Waals surface area contributed by atoms with E-state index in [4.69, 9.17) is 16.0 Å². The smallest absolute Gasteiger partial charge is 0.383 e. The van der Waals surface area contributed by atoms with Crippen LogP contribution in [-0.4, -0.2) is 32.9 Å². The molecule has 0 spiro atoms. The lowest BCUT2D eigenvalue weighted by Gasteiger charge is -2.29. The fourth-order valence-electron chi connectivity index (χ4n) is 6.42. The van der Waals surface area contributed by atoms with Crippen molar-refractivity contribution in [2.45, 2.75) is 75.4 Å². The number of halogens is 4. The van der Waals surface area contributed by atoms with Gasteiger partial charge >= 0.3 is 6.18 Å². The van der Waals surface area contributed by atoms with Crippen LogP contribution >= 0.6 is 0 Å². The third-order valence-electron chi connectivity index (χ3n) is 9.06.